The number of likely N-dealkylation sites (N-methyl/N-ethyl adjacent to an activating group) is 1. The fraction of sp³-hybridized carbons (Fsp3) is 1.00. The number of fused-ring (bicyclic) bond motifs is 1. The average Bonchev–Trinajstić information content (AvgIpc) is 2.29. The van der Waals surface area contributed by atoms with E-state index < -0.39 is 0 Å². The van der Waals surface area contributed by atoms with E-state index in [1.54, 1.807) is 0 Å². The maximum absolute atomic E-state index is 3.54. The minimum atomic E-state index is 0.883. The first kappa shape index (κ1) is 8.52. The Morgan fingerprint density at radius 1 is 1.25 bits per heavy atom. The zero-order valence-electron chi connectivity index (χ0n) is 8.05. The van der Waals surface area contributed by atoms with Crippen molar-refractivity contribution in [3.05, 3.63) is 0 Å². The molecule has 12 heavy (non-hydrogen) atoms. The molecule has 0 radical (unpaired) electrons. The predicted molar refractivity (Wildman–Crippen MR) is 51.2 cm³/mol. The zero-order chi connectivity index (χ0) is 8.39. The summed E-state index contributed by atoms with van der Waals surface area (Å²) < 4.78 is 0. The second kappa shape index (κ2) is 3.75. The van der Waals surface area contributed by atoms with Gasteiger partial charge in [-0.25, -0.2) is 0 Å². The third-order valence-corrected chi connectivity index (χ3v) is 3.48. The van der Waals surface area contributed by atoms with Crippen LogP contribution in [0.3, 0.4) is 0 Å². The predicted octanol–water partition coefficient (Wildman–Crippen LogP) is 1.08. The summed E-state index contributed by atoms with van der Waals surface area (Å²) in [7, 11) is 2.29. The highest BCUT2D eigenvalue weighted by Gasteiger charge is 2.29. The molecule has 2 heteroatoms. The Balaban J connectivity index is 2.01. The van der Waals surface area contributed by atoms with E-state index in [4.69, 9.17) is 0 Å². The molecule has 2 unspecified atom stereocenters. The van der Waals surface area contributed by atoms with Crippen LogP contribution in [0.4, 0.5) is 0 Å². The SMILES string of the molecule is CN1CCNCC2CCCCC21. The lowest BCUT2D eigenvalue weighted by Gasteiger charge is -2.35. The third-order valence-electron chi connectivity index (χ3n) is 3.48. The molecule has 70 valence electrons. The minimum absolute atomic E-state index is 0.883. The monoisotopic (exact) mass is 168 g/mol. The van der Waals surface area contributed by atoms with E-state index in [0.29, 0.717) is 0 Å². The number of rotatable bonds is 0. The highest BCUT2D eigenvalue weighted by Crippen LogP contribution is 2.28. The van der Waals surface area contributed by atoms with Crippen molar-refractivity contribution in [2.45, 2.75) is 31.7 Å². The van der Waals surface area contributed by atoms with Gasteiger partial charge in [0.2, 0.25) is 0 Å². The minimum Gasteiger partial charge on any atom is -0.315 e. The van der Waals surface area contributed by atoms with Crippen LogP contribution < -0.4 is 5.32 Å². The summed E-state index contributed by atoms with van der Waals surface area (Å²) in [6, 6.07) is 0.883. The van der Waals surface area contributed by atoms with Crippen molar-refractivity contribution in [2.24, 2.45) is 5.92 Å². The van der Waals surface area contributed by atoms with Crippen LogP contribution in [0, 0.1) is 5.92 Å². The van der Waals surface area contributed by atoms with Crippen LogP contribution in [-0.4, -0.2) is 37.6 Å². The largest absolute Gasteiger partial charge is 0.315 e. The molecule has 2 aliphatic rings. The van der Waals surface area contributed by atoms with Gasteiger partial charge in [-0.1, -0.05) is 12.8 Å². The summed E-state index contributed by atoms with van der Waals surface area (Å²) in [4.78, 5) is 2.56. The van der Waals surface area contributed by atoms with Crippen molar-refractivity contribution in [3.63, 3.8) is 0 Å². The molecule has 0 aromatic heterocycles. The lowest BCUT2D eigenvalue weighted by molar-refractivity contribution is 0.152. The van der Waals surface area contributed by atoms with Gasteiger partial charge in [-0.3, -0.25) is 0 Å². The van der Waals surface area contributed by atoms with E-state index in [1.807, 2.05) is 0 Å². The van der Waals surface area contributed by atoms with E-state index in [1.165, 1.54) is 45.3 Å². The highest BCUT2D eigenvalue weighted by atomic mass is 15.2. The quantitative estimate of drug-likeness (QED) is 0.582. The highest BCUT2D eigenvalue weighted by molar-refractivity contribution is 4.85. The Morgan fingerprint density at radius 3 is 3.00 bits per heavy atom. The molecular formula is C10H20N2. The molecule has 2 atom stereocenters. The topological polar surface area (TPSA) is 15.3 Å². The Morgan fingerprint density at radius 2 is 2.08 bits per heavy atom. The molecule has 0 amide bonds. The first-order chi connectivity index (χ1) is 5.88. The Kier molecular flexibility index (Phi) is 2.66. The molecule has 1 saturated carbocycles. The van der Waals surface area contributed by atoms with Crippen molar-refractivity contribution in [3.8, 4) is 0 Å². The molecule has 2 rings (SSSR count). The van der Waals surface area contributed by atoms with Crippen LogP contribution >= 0.6 is 0 Å². The molecule has 0 aromatic carbocycles. The molecule has 0 aromatic rings. The van der Waals surface area contributed by atoms with Gasteiger partial charge in [0.05, 0.1) is 0 Å². The van der Waals surface area contributed by atoms with Crippen LogP contribution in [-0.2, 0) is 0 Å². The van der Waals surface area contributed by atoms with Crippen LogP contribution in [0.1, 0.15) is 25.7 Å². The van der Waals surface area contributed by atoms with E-state index >= 15 is 0 Å². The summed E-state index contributed by atoms with van der Waals surface area (Å²) in [5.74, 6) is 0.936. The van der Waals surface area contributed by atoms with Crippen LogP contribution in [0.15, 0.2) is 0 Å². The smallest absolute Gasteiger partial charge is 0.0133 e. The third kappa shape index (κ3) is 1.64. The molecule has 1 aliphatic carbocycles. The second-order valence-electron chi connectivity index (χ2n) is 4.30. The summed E-state index contributed by atoms with van der Waals surface area (Å²) in [6.07, 6.45) is 5.78. The lowest BCUT2D eigenvalue weighted by Crippen LogP contribution is -2.40. The Bertz CT molecular complexity index is 147. The lowest BCUT2D eigenvalue weighted by atomic mass is 9.84. The Hall–Kier alpha value is -0.0800. The van der Waals surface area contributed by atoms with Crippen molar-refractivity contribution in [2.75, 3.05) is 26.7 Å². The van der Waals surface area contributed by atoms with Gasteiger partial charge < -0.3 is 10.2 Å². The van der Waals surface area contributed by atoms with E-state index in [-0.39, 0.29) is 0 Å². The van der Waals surface area contributed by atoms with Gasteiger partial charge in [-0.05, 0) is 32.4 Å². The molecule has 1 N–H and O–H groups in total. The second-order valence-corrected chi connectivity index (χ2v) is 4.30. The van der Waals surface area contributed by atoms with Gasteiger partial charge in [0, 0.05) is 19.1 Å². The zero-order valence-corrected chi connectivity index (χ0v) is 8.05. The Labute approximate surface area is 75.3 Å². The fourth-order valence-corrected chi connectivity index (χ4v) is 2.72. The van der Waals surface area contributed by atoms with Gasteiger partial charge in [-0.2, -0.15) is 0 Å². The van der Waals surface area contributed by atoms with Crippen molar-refractivity contribution < 1.29 is 0 Å². The van der Waals surface area contributed by atoms with E-state index in [0.717, 1.165) is 12.0 Å². The molecular weight excluding hydrogens is 148 g/mol. The molecule has 1 heterocycles. The standard InChI is InChI=1S/C10H20N2/c1-12-7-6-11-8-9-4-2-3-5-10(9)12/h9-11H,2-8H2,1H3. The van der Waals surface area contributed by atoms with Gasteiger partial charge in [0.15, 0.2) is 0 Å². The maximum atomic E-state index is 3.54. The average molecular weight is 168 g/mol. The molecule has 1 saturated heterocycles. The van der Waals surface area contributed by atoms with E-state index in [9.17, 15) is 0 Å². The summed E-state index contributed by atoms with van der Waals surface area (Å²) in [5.41, 5.74) is 0. The number of hydrogen-bond acceptors (Lipinski definition) is 2. The number of nitrogens with one attached hydrogen (secondary N) is 1. The van der Waals surface area contributed by atoms with Gasteiger partial charge >= 0.3 is 0 Å². The van der Waals surface area contributed by atoms with Crippen molar-refractivity contribution >= 4 is 0 Å². The van der Waals surface area contributed by atoms with Gasteiger partial charge in [0.25, 0.3) is 0 Å². The van der Waals surface area contributed by atoms with E-state index in [2.05, 4.69) is 17.3 Å². The molecule has 1 aliphatic heterocycles. The fourth-order valence-electron chi connectivity index (χ4n) is 2.72. The molecule has 0 spiro atoms. The molecule has 2 fully saturated rings. The maximum Gasteiger partial charge on any atom is 0.0133 e. The van der Waals surface area contributed by atoms with Crippen LogP contribution in [0.5, 0.6) is 0 Å². The summed E-state index contributed by atoms with van der Waals surface area (Å²) in [5, 5.41) is 3.54. The van der Waals surface area contributed by atoms with Gasteiger partial charge in [0.1, 0.15) is 0 Å². The summed E-state index contributed by atoms with van der Waals surface area (Å²) >= 11 is 0. The van der Waals surface area contributed by atoms with Crippen molar-refractivity contribution in [1.82, 2.24) is 10.2 Å². The summed E-state index contributed by atoms with van der Waals surface area (Å²) in [6.45, 7) is 3.68. The first-order valence-electron chi connectivity index (χ1n) is 5.29. The normalized spacial score (nSPS) is 38.8. The van der Waals surface area contributed by atoms with Crippen LogP contribution in [0.2, 0.25) is 0 Å². The molecule has 2 nitrogen and oxygen atoms in total. The molecule has 0 bridgehead atoms. The van der Waals surface area contributed by atoms with Crippen LogP contribution in [0.25, 0.3) is 0 Å². The first-order valence-corrected chi connectivity index (χ1v) is 5.29. The number of hydrogen-bond donors (Lipinski definition) is 1. The van der Waals surface area contributed by atoms with Crippen molar-refractivity contribution in [1.29, 1.82) is 0 Å². The number of nitrogens with zero attached hydrogens (tertiary/aromatic N) is 1. The van der Waals surface area contributed by atoms with Gasteiger partial charge in [-0.15, -0.1) is 0 Å².